The zero-order valence-corrected chi connectivity index (χ0v) is 14.6. The third kappa shape index (κ3) is 3.17. The number of hydrogen-bond acceptors (Lipinski definition) is 3. The van der Waals surface area contributed by atoms with E-state index in [1.54, 1.807) is 41.8 Å². The molecule has 0 radical (unpaired) electrons. The number of allylic oxidation sites excluding steroid dienone is 1. The van der Waals surface area contributed by atoms with Gasteiger partial charge in [-0.15, -0.1) is 11.3 Å². The third-order valence-electron chi connectivity index (χ3n) is 3.96. The van der Waals surface area contributed by atoms with E-state index in [1.165, 1.54) is 17.4 Å². The number of carbonyl (C=O) groups excluding carboxylic acids is 1. The van der Waals surface area contributed by atoms with Gasteiger partial charge < -0.3 is 4.57 Å². The summed E-state index contributed by atoms with van der Waals surface area (Å²) in [4.78, 5) is 13.7. The average molecular weight is 350 g/mol. The lowest BCUT2D eigenvalue weighted by Crippen LogP contribution is -2.06. The Hall–Kier alpha value is -2.97. The lowest BCUT2D eigenvalue weighted by atomic mass is 10.0. The molecule has 3 nitrogen and oxygen atoms in total. The molecule has 3 aromatic rings. The first-order valence-corrected chi connectivity index (χ1v) is 8.54. The molecule has 2 aromatic heterocycles. The molecule has 2 heterocycles. The molecule has 0 fully saturated rings. The van der Waals surface area contributed by atoms with E-state index in [2.05, 4.69) is 0 Å². The van der Waals surface area contributed by atoms with Gasteiger partial charge in [-0.25, -0.2) is 4.39 Å². The van der Waals surface area contributed by atoms with Crippen molar-refractivity contribution in [3.8, 4) is 11.8 Å². The number of Topliss-reactive ketones (excluding diaryl/α,β-unsaturated/α-hetero) is 1. The van der Waals surface area contributed by atoms with E-state index in [0.717, 1.165) is 10.6 Å². The number of rotatable bonds is 4. The number of hydrogen-bond donors (Lipinski definition) is 0. The van der Waals surface area contributed by atoms with Crippen LogP contribution in [0.2, 0.25) is 0 Å². The molecule has 0 saturated carbocycles. The van der Waals surface area contributed by atoms with Crippen LogP contribution in [0.4, 0.5) is 4.39 Å². The Balaban J connectivity index is 2.08. The van der Waals surface area contributed by atoms with Crippen LogP contribution in [0.25, 0.3) is 11.8 Å². The molecule has 0 saturated heterocycles. The highest BCUT2D eigenvalue weighted by Gasteiger charge is 2.21. The van der Waals surface area contributed by atoms with Gasteiger partial charge in [0.2, 0.25) is 5.78 Å². The van der Waals surface area contributed by atoms with Gasteiger partial charge >= 0.3 is 0 Å². The fraction of sp³-hybridized carbons (Fsp3) is 0.100. The maximum atomic E-state index is 14.2. The summed E-state index contributed by atoms with van der Waals surface area (Å²) in [6, 6.07) is 13.8. The number of carbonyl (C=O) groups is 1. The number of ketones is 1. The predicted octanol–water partition coefficient (Wildman–Crippen LogP) is 5.08. The Bertz CT molecular complexity index is 1010. The van der Waals surface area contributed by atoms with Crippen LogP contribution >= 0.6 is 11.3 Å². The Morgan fingerprint density at radius 2 is 2.00 bits per heavy atom. The van der Waals surface area contributed by atoms with E-state index < -0.39 is 0 Å². The van der Waals surface area contributed by atoms with Gasteiger partial charge in [0, 0.05) is 21.8 Å². The third-order valence-corrected chi connectivity index (χ3v) is 4.78. The lowest BCUT2D eigenvalue weighted by molar-refractivity contribution is 0.103. The fourth-order valence-electron chi connectivity index (χ4n) is 2.81. The number of aryl methyl sites for hydroxylation is 1. The van der Waals surface area contributed by atoms with Crippen molar-refractivity contribution in [3.05, 3.63) is 81.1 Å². The summed E-state index contributed by atoms with van der Waals surface area (Å²) in [6.45, 7) is 3.57. The molecular weight excluding hydrogens is 335 g/mol. The summed E-state index contributed by atoms with van der Waals surface area (Å²) >= 11 is 1.46. The minimum atomic E-state index is -0.363. The number of halogens is 1. The molecule has 0 N–H and O–H groups in total. The van der Waals surface area contributed by atoms with Crippen molar-refractivity contribution in [2.24, 2.45) is 0 Å². The molecule has 3 rings (SSSR count). The van der Waals surface area contributed by atoms with Crippen LogP contribution in [0.5, 0.6) is 0 Å². The Kier molecular flexibility index (Phi) is 4.64. The molecule has 0 amide bonds. The first kappa shape index (κ1) is 16.9. The standard InChI is InChI=1S/C20H15FN2OS/c1-13-10-17(14(2)23(13)19-8-4-3-7-18(19)21)20(24)15(12-22)11-16-6-5-9-25-16/h3-11H,1-2H3/b15-11-. The summed E-state index contributed by atoms with van der Waals surface area (Å²) in [6.07, 6.45) is 1.59. The molecule has 0 aliphatic heterocycles. The number of benzene rings is 1. The van der Waals surface area contributed by atoms with Crippen molar-refractivity contribution in [2.45, 2.75) is 13.8 Å². The van der Waals surface area contributed by atoms with Crippen molar-refractivity contribution < 1.29 is 9.18 Å². The fourth-order valence-corrected chi connectivity index (χ4v) is 3.46. The van der Waals surface area contributed by atoms with Crippen LogP contribution in [0.1, 0.15) is 26.6 Å². The van der Waals surface area contributed by atoms with Crippen molar-refractivity contribution in [1.82, 2.24) is 4.57 Å². The SMILES string of the molecule is Cc1cc(C(=O)/C(C#N)=C\c2cccs2)c(C)n1-c1ccccc1F. The molecule has 0 spiro atoms. The van der Waals surface area contributed by atoms with Gasteiger partial charge in [-0.2, -0.15) is 5.26 Å². The van der Waals surface area contributed by atoms with Gasteiger partial charge in [0.15, 0.2) is 0 Å². The highest BCUT2D eigenvalue weighted by atomic mass is 32.1. The second-order valence-corrected chi connectivity index (χ2v) is 6.57. The summed E-state index contributed by atoms with van der Waals surface area (Å²) in [5.74, 6) is -0.718. The quantitative estimate of drug-likeness (QED) is 0.374. The first-order chi connectivity index (χ1) is 12.0. The minimum absolute atomic E-state index is 0.0660. The number of nitriles is 1. The number of nitrogens with zero attached hydrogens (tertiary/aromatic N) is 2. The second-order valence-electron chi connectivity index (χ2n) is 5.59. The highest BCUT2D eigenvalue weighted by molar-refractivity contribution is 7.10. The summed E-state index contributed by atoms with van der Waals surface area (Å²) in [5, 5.41) is 11.3. The van der Waals surface area contributed by atoms with E-state index in [4.69, 9.17) is 0 Å². The van der Waals surface area contributed by atoms with E-state index in [1.807, 2.05) is 30.5 Å². The molecule has 0 atom stereocenters. The Morgan fingerprint density at radius 1 is 1.24 bits per heavy atom. The van der Waals surface area contributed by atoms with Crippen LogP contribution in [0.3, 0.4) is 0 Å². The summed E-state index contributed by atoms with van der Waals surface area (Å²) in [5.41, 5.74) is 2.21. The summed E-state index contributed by atoms with van der Waals surface area (Å²) in [7, 11) is 0. The van der Waals surface area contributed by atoms with Gasteiger partial charge in [0.05, 0.1) is 5.69 Å². The molecule has 5 heteroatoms. The van der Waals surface area contributed by atoms with Gasteiger partial charge in [0.25, 0.3) is 0 Å². The molecule has 0 bridgehead atoms. The molecule has 124 valence electrons. The molecule has 0 aliphatic carbocycles. The van der Waals surface area contributed by atoms with Crippen LogP contribution in [0, 0.1) is 31.0 Å². The van der Waals surface area contributed by atoms with Crippen molar-refractivity contribution in [3.63, 3.8) is 0 Å². The van der Waals surface area contributed by atoms with Crippen molar-refractivity contribution >= 4 is 23.2 Å². The van der Waals surface area contributed by atoms with Crippen LogP contribution < -0.4 is 0 Å². The van der Waals surface area contributed by atoms with Gasteiger partial charge in [-0.05, 0) is 49.6 Å². The highest BCUT2D eigenvalue weighted by Crippen LogP contribution is 2.25. The summed E-state index contributed by atoms with van der Waals surface area (Å²) < 4.78 is 15.9. The topological polar surface area (TPSA) is 45.8 Å². The largest absolute Gasteiger partial charge is 0.315 e. The average Bonchev–Trinajstić information content (AvgIpc) is 3.21. The van der Waals surface area contributed by atoms with Gasteiger partial charge in [-0.3, -0.25) is 4.79 Å². The number of aromatic nitrogens is 1. The predicted molar refractivity (Wildman–Crippen MR) is 97.4 cm³/mol. The molecular formula is C20H15FN2OS. The van der Waals surface area contributed by atoms with Crippen molar-refractivity contribution in [1.29, 1.82) is 5.26 Å². The van der Waals surface area contributed by atoms with E-state index in [-0.39, 0.29) is 17.2 Å². The number of thiophene rings is 1. The van der Waals surface area contributed by atoms with Crippen molar-refractivity contribution in [2.75, 3.05) is 0 Å². The smallest absolute Gasteiger partial charge is 0.205 e. The Morgan fingerprint density at radius 3 is 2.64 bits per heavy atom. The zero-order valence-electron chi connectivity index (χ0n) is 13.8. The maximum Gasteiger partial charge on any atom is 0.205 e. The lowest BCUT2D eigenvalue weighted by Gasteiger charge is -2.10. The second kappa shape index (κ2) is 6.88. The maximum absolute atomic E-state index is 14.2. The molecule has 0 aliphatic rings. The number of para-hydroxylation sites is 1. The Labute approximate surface area is 149 Å². The van der Waals surface area contributed by atoms with Crippen LogP contribution in [0.15, 0.2) is 53.4 Å². The van der Waals surface area contributed by atoms with E-state index >= 15 is 0 Å². The first-order valence-electron chi connectivity index (χ1n) is 7.66. The molecule has 0 unspecified atom stereocenters. The zero-order chi connectivity index (χ0) is 18.0. The minimum Gasteiger partial charge on any atom is -0.315 e. The monoisotopic (exact) mass is 350 g/mol. The molecule has 1 aromatic carbocycles. The van der Waals surface area contributed by atoms with Gasteiger partial charge in [0.1, 0.15) is 17.5 Å². The van der Waals surface area contributed by atoms with E-state index in [9.17, 15) is 14.4 Å². The van der Waals surface area contributed by atoms with E-state index in [0.29, 0.717) is 16.9 Å². The van der Waals surface area contributed by atoms with Crippen LogP contribution in [-0.2, 0) is 0 Å². The normalized spacial score (nSPS) is 11.4. The van der Waals surface area contributed by atoms with Crippen LogP contribution in [-0.4, -0.2) is 10.4 Å². The van der Waals surface area contributed by atoms with Gasteiger partial charge in [-0.1, -0.05) is 18.2 Å². The molecule has 25 heavy (non-hydrogen) atoms.